The molecule has 0 amide bonds. The lowest BCUT2D eigenvalue weighted by atomic mass is 10.00. The van der Waals surface area contributed by atoms with E-state index in [9.17, 15) is 5.11 Å². The van der Waals surface area contributed by atoms with Crippen LogP contribution in [0.4, 0.5) is 0 Å². The summed E-state index contributed by atoms with van der Waals surface area (Å²) < 4.78 is 0. The molecule has 1 heterocycles. The Morgan fingerprint density at radius 1 is 1.33 bits per heavy atom. The molecule has 0 fully saturated rings. The van der Waals surface area contributed by atoms with Crippen LogP contribution in [-0.2, 0) is 0 Å². The number of rotatable bonds is 6. The van der Waals surface area contributed by atoms with E-state index in [1.807, 2.05) is 6.92 Å². The van der Waals surface area contributed by atoms with Crippen molar-refractivity contribution in [3.05, 3.63) is 28.6 Å². The third kappa shape index (κ3) is 4.07. The molecular weight excluding hydrogens is 224 g/mol. The standard InChI is InChI=1S/C15H26N2O/c1-6-7-14(18)9-16-12(4)15-10(2)8-11(3)17-13(15)5/h8,12,14,16,18H,6-7,9H2,1-5H3. The predicted molar refractivity (Wildman–Crippen MR) is 75.8 cm³/mol. The van der Waals surface area contributed by atoms with Crippen molar-refractivity contribution >= 4 is 0 Å². The first kappa shape index (κ1) is 15.1. The fourth-order valence-corrected chi connectivity index (χ4v) is 2.54. The third-order valence-electron chi connectivity index (χ3n) is 3.30. The first-order valence-corrected chi connectivity index (χ1v) is 6.81. The second kappa shape index (κ2) is 6.86. The quantitative estimate of drug-likeness (QED) is 0.816. The minimum absolute atomic E-state index is 0.226. The lowest BCUT2D eigenvalue weighted by molar-refractivity contribution is 0.157. The predicted octanol–water partition coefficient (Wildman–Crippen LogP) is 2.82. The van der Waals surface area contributed by atoms with Crippen molar-refractivity contribution in [3.63, 3.8) is 0 Å². The fourth-order valence-electron chi connectivity index (χ4n) is 2.54. The average molecular weight is 250 g/mol. The summed E-state index contributed by atoms with van der Waals surface area (Å²) in [7, 11) is 0. The number of hydrogen-bond acceptors (Lipinski definition) is 3. The number of pyridine rings is 1. The largest absolute Gasteiger partial charge is 0.392 e. The van der Waals surface area contributed by atoms with E-state index in [0.717, 1.165) is 24.2 Å². The summed E-state index contributed by atoms with van der Waals surface area (Å²) in [6.45, 7) is 11.1. The van der Waals surface area contributed by atoms with Gasteiger partial charge in [-0.2, -0.15) is 0 Å². The molecule has 1 aromatic heterocycles. The van der Waals surface area contributed by atoms with E-state index in [4.69, 9.17) is 0 Å². The van der Waals surface area contributed by atoms with Crippen LogP contribution < -0.4 is 5.32 Å². The number of hydrogen-bond donors (Lipinski definition) is 2. The molecule has 0 aliphatic carbocycles. The number of nitrogens with one attached hydrogen (secondary N) is 1. The Hall–Kier alpha value is -0.930. The van der Waals surface area contributed by atoms with Gasteiger partial charge in [-0.3, -0.25) is 4.98 Å². The maximum absolute atomic E-state index is 9.75. The smallest absolute Gasteiger partial charge is 0.0664 e. The van der Waals surface area contributed by atoms with E-state index in [1.165, 1.54) is 11.1 Å². The van der Waals surface area contributed by atoms with Gasteiger partial charge in [0.05, 0.1) is 6.10 Å². The Bertz CT molecular complexity index is 367. The Morgan fingerprint density at radius 2 is 2.00 bits per heavy atom. The summed E-state index contributed by atoms with van der Waals surface area (Å²) >= 11 is 0. The van der Waals surface area contributed by atoms with Crippen LogP contribution in [0, 0.1) is 20.8 Å². The first-order valence-electron chi connectivity index (χ1n) is 6.81. The van der Waals surface area contributed by atoms with E-state index in [0.29, 0.717) is 6.54 Å². The molecule has 0 bridgehead atoms. The van der Waals surface area contributed by atoms with E-state index in [-0.39, 0.29) is 12.1 Å². The number of aliphatic hydroxyl groups excluding tert-OH is 1. The lowest BCUT2D eigenvalue weighted by Gasteiger charge is -2.20. The topological polar surface area (TPSA) is 45.1 Å². The van der Waals surface area contributed by atoms with Crippen LogP contribution in [0.5, 0.6) is 0 Å². The molecule has 2 N–H and O–H groups in total. The molecule has 0 aromatic carbocycles. The summed E-state index contributed by atoms with van der Waals surface area (Å²) in [4.78, 5) is 4.52. The minimum Gasteiger partial charge on any atom is -0.392 e. The maximum atomic E-state index is 9.75. The van der Waals surface area contributed by atoms with Gasteiger partial charge in [-0.1, -0.05) is 13.3 Å². The van der Waals surface area contributed by atoms with Crippen LogP contribution >= 0.6 is 0 Å². The van der Waals surface area contributed by atoms with Crippen LogP contribution in [0.1, 0.15) is 55.2 Å². The molecule has 2 atom stereocenters. The number of nitrogens with zero attached hydrogens (tertiary/aromatic N) is 1. The van der Waals surface area contributed by atoms with E-state index in [1.54, 1.807) is 0 Å². The third-order valence-corrected chi connectivity index (χ3v) is 3.30. The van der Waals surface area contributed by atoms with Crippen molar-refractivity contribution < 1.29 is 5.11 Å². The zero-order valence-corrected chi connectivity index (χ0v) is 12.2. The molecule has 3 nitrogen and oxygen atoms in total. The van der Waals surface area contributed by atoms with Crippen LogP contribution in [0.3, 0.4) is 0 Å². The van der Waals surface area contributed by atoms with E-state index in [2.05, 4.69) is 44.1 Å². The van der Waals surface area contributed by atoms with E-state index >= 15 is 0 Å². The lowest BCUT2D eigenvalue weighted by Crippen LogP contribution is -2.29. The van der Waals surface area contributed by atoms with Gasteiger partial charge in [0.15, 0.2) is 0 Å². The highest BCUT2D eigenvalue weighted by molar-refractivity contribution is 5.33. The van der Waals surface area contributed by atoms with Gasteiger partial charge in [-0.05, 0) is 51.3 Å². The summed E-state index contributed by atoms with van der Waals surface area (Å²) in [5, 5.41) is 13.1. The number of aliphatic hydroxyl groups is 1. The van der Waals surface area contributed by atoms with Crippen molar-refractivity contribution in [1.82, 2.24) is 10.3 Å². The molecule has 0 aliphatic rings. The molecule has 0 radical (unpaired) electrons. The highest BCUT2D eigenvalue weighted by Crippen LogP contribution is 2.21. The Labute approximate surface area is 111 Å². The van der Waals surface area contributed by atoms with Gasteiger partial charge in [0.1, 0.15) is 0 Å². The first-order chi connectivity index (χ1) is 8.45. The van der Waals surface area contributed by atoms with Crippen molar-refractivity contribution in [1.29, 1.82) is 0 Å². The van der Waals surface area contributed by atoms with Gasteiger partial charge >= 0.3 is 0 Å². The molecule has 0 saturated heterocycles. The van der Waals surface area contributed by atoms with Gasteiger partial charge in [0, 0.05) is 24.0 Å². The molecule has 1 rings (SSSR count). The normalized spacial score (nSPS) is 14.6. The monoisotopic (exact) mass is 250 g/mol. The summed E-state index contributed by atoms with van der Waals surface area (Å²) in [5.74, 6) is 0. The molecule has 0 saturated carbocycles. The molecule has 0 spiro atoms. The van der Waals surface area contributed by atoms with Crippen LogP contribution in [-0.4, -0.2) is 22.7 Å². The van der Waals surface area contributed by atoms with Crippen molar-refractivity contribution in [3.8, 4) is 0 Å². The molecule has 3 heteroatoms. The molecule has 18 heavy (non-hydrogen) atoms. The molecular formula is C15H26N2O. The SMILES string of the molecule is CCCC(O)CNC(C)c1c(C)cc(C)nc1C. The molecule has 1 aromatic rings. The fraction of sp³-hybridized carbons (Fsp3) is 0.667. The summed E-state index contributed by atoms with van der Waals surface area (Å²) in [6.07, 6.45) is 1.61. The summed E-state index contributed by atoms with van der Waals surface area (Å²) in [5.41, 5.74) is 4.67. The zero-order valence-electron chi connectivity index (χ0n) is 12.2. The van der Waals surface area contributed by atoms with Gasteiger partial charge in [-0.25, -0.2) is 0 Å². The average Bonchev–Trinajstić information content (AvgIpc) is 2.25. The molecule has 102 valence electrons. The molecule has 2 unspecified atom stereocenters. The minimum atomic E-state index is -0.253. The van der Waals surface area contributed by atoms with Crippen molar-refractivity contribution in [2.45, 2.75) is 59.6 Å². The number of aryl methyl sites for hydroxylation is 3. The van der Waals surface area contributed by atoms with Gasteiger partial charge in [-0.15, -0.1) is 0 Å². The van der Waals surface area contributed by atoms with Crippen LogP contribution in [0.25, 0.3) is 0 Å². The van der Waals surface area contributed by atoms with Crippen molar-refractivity contribution in [2.75, 3.05) is 6.54 Å². The Morgan fingerprint density at radius 3 is 2.56 bits per heavy atom. The van der Waals surface area contributed by atoms with Crippen LogP contribution in [0.2, 0.25) is 0 Å². The molecule has 0 aliphatic heterocycles. The van der Waals surface area contributed by atoms with Gasteiger partial charge in [0.2, 0.25) is 0 Å². The van der Waals surface area contributed by atoms with Gasteiger partial charge < -0.3 is 10.4 Å². The number of aromatic nitrogens is 1. The zero-order chi connectivity index (χ0) is 13.7. The van der Waals surface area contributed by atoms with Crippen molar-refractivity contribution in [2.24, 2.45) is 0 Å². The maximum Gasteiger partial charge on any atom is 0.0664 e. The highest BCUT2D eigenvalue weighted by Gasteiger charge is 2.13. The second-order valence-electron chi connectivity index (χ2n) is 5.15. The van der Waals surface area contributed by atoms with Crippen LogP contribution in [0.15, 0.2) is 6.07 Å². The second-order valence-corrected chi connectivity index (χ2v) is 5.15. The Balaban J connectivity index is 2.70. The Kier molecular flexibility index (Phi) is 5.76. The van der Waals surface area contributed by atoms with Gasteiger partial charge in [0.25, 0.3) is 0 Å². The summed E-state index contributed by atoms with van der Waals surface area (Å²) in [6, 6.07) is 2.34. The highest BCUT2D eigenvalue weighted by atomic mass is 16.3. The van der Waals surface area contributed by atoms with E-state index < -0.39 is 0 Å².